The first-order valence-corrected chi connectivity index (χ1v) is 6.03. The van der Waals surface area contributed by atoms with Crippen LogP contribution in [0.4, 0.5) is 0 Å². The van der Waals surface area contributed by atoms with Crippen LogP contribution < -0.4 is 0 Å². The Labute approximate surface area is 113 Å². The maximum absolute atomic E-state index is 11.0. The summed E-state index contributed by atoms with van der Waals surface area (Å²) in [5.74, 6) is -1.16. The van der Waals surface area contributed by atoms with Gasteiger partial charge in [0.15, 0.2) is 5.79 Å². The molecule has 0 aromatic carbocycles. The molecule has 0 bridgehead atoms. The van der Waals surface area contributed by atoms with Crippen molar-refractivity contribution in [2.24, 2.45) is 0 Å². The molecule has 0 unspecified atom stereocenters. The zero-order valence-corrected chi connectivity index (χ0v) is 11.9. The van der Waals surface area contributed by atoms with Gasteiger partial charge in [-0.15, -0.1) is 0 Å². The number of hydrogen-bond acceptors (Lipinski definition) is 6. The highest BCUT2D eigenvalue weighted by atomic mass is 17.2. The molecule has 0 aromatic rings. The van der Waals surface area contributed by atoms with Crippen molar-refractivity contribution in [3.05, 3.63) is 12.2 Å². The minimum atomic E-state index is -0.879. The largest absolute Gasteiger partial charge is 0.469 e. The quantitative estimate of drug-likeness (QED) is 0.151. The summed E-state index contributed by atoms with van der Waals surface area (Å²) in [6, 6.07) is 0. The molecule has 19 heavy (non-hydrogen) atoms. The van der Waals surface area contributed by atoms with Crippen LogP contribution in [0.5, 0.6) is 0 Å². The summed E-state index contributed by atoms with van der Waals surface area (Å²) in [5.41, 5.74) is 0. The number of aldehydes is 1. The smallest absolute Gasteiger partial charge is 0.305 e. The van der Waals surface area contributed by atoms with Crippen molar-refractivity contribution in [2.45, 2.75) is 45.0 Å². The molecule has 0 aliphatic heterocycles. The van der Waals surface area contributed by atoms with E-state index >= 15 is 0 Å². The summed E-state index contributed by atoms with van der Waals surface area (Å²) in [7, 11) is 2.84. The molecule has 0 aliphatic carbocycles. The Morgan fingerprint density at radius 2 is 2.00 bits per heavy atom. The summed E-state index contributed by atoms with van der Waals surface area (Å²) in [4.78, 5) is 31.6. The average molecular weight is 274 g/mol. The Morgan fingerprint density at radius 1 is 1.32 bits per heavy atom. The van der Waals surface area contributed by atoms with Crippen molar-refractivity contribution < 1.29 is 28.8 Å². The van der Waals surface area contributed by atoms with E-state index in [0.717, 1.165) is 0 Å². The van der Waals surface area contributed by atoms with Crippen LogP contribution in [0.25, 0.3) is 0 Å². The summed E-state index contributed by atoms with van der Waals surface area (Å²) in [5, 5.41) is 0. The minimum Gasteiger partial charge on any atom is -0.469 e. The van der Waals surface area contributed by atoms with Crippen molar-refractivity contribution in [2.75, 3.05) is 14.2 Å². The first-order valence-electron chi connectivity index (χ1n) is 6.03. The number of ether oxygens (including phenoxy) is 2. The zero-order valence-electron chi connectivity index (χ0n) is 11.9. The Balaban J connectivity index is 4.19. The van der Waals surface area contributed by atoms with Gasteiger partial charge in [0.05, 0.1) is 7.11 Å². The molecule has 6 nitrogen and oxygen atoms in total. The fraction of sp³-hybridized carbons (Fsp3) is 0.692. The molecule has 0 aliphatic rings. The standard InChI is InChI=1S/C13H22O6/c1-13(2,17-4)19-18-11(8-6-10-14)7-5-9-12(15)16-3/h6,8,10-11H,5,7,9H2,1-4H3/b8-6+/t11-/m0/s1. The highest BCUT2D eigenvalue weighted by Crippen LogP contribution is 2.15. The number of allylic oxidation sites excluding steroid dienone is 1. The Morgan fingerprint density at radius 3 is 2.53 bits per heavy atom. The fourth-order valence-electron chi connectivity index (χ4n) is 1.11. The van der Waals surface area contributed by atoms with Gasteiger partial charge in [-0.25, -0.2) is 9.78 Å². The Hall–Kier alpha value is -1.24. The molecule has 0 rings (SSSR count). The van der Waals surface area contributed by atoms with Crippen LogP contribution >= 0.6 is 0 Å². The van der Waals surface area contributed by atoms with Gasteiger partial charge in [0, 0.05) is 13.5 Å². The van der Waals surface area contributed by atoms with Crippen molar-refractivity contribution in [3.8, 4) is 0 Å². The van der Waals surface area contributed by atoms with Crippen molar-refractivity contribution in [1.82, 2.24) is 0 Å². The first-order chi connectivity index (χ1) is 8.95. The van der Waals surface area contributed by atoms with Crippen LogP contribution in [0.2, 0.25) is 0 Å². The third-order valence-corrected chi connectivity index (χ3v) is 2.37. The molecular formula is C13H22O6. The molecule has 0 fully saturated rings. The number of carbonyl (C=O) groups excluding carboxylic acids is 2. The Kier molecular flexibility index (Phi) is 9.03. The molecule has 0 N–H and O–H groups in total. The van der Waals surface area contributed by atoms with E-state index in [2.05, 4.69) is 4.74 Å². The summed E-state index contributed by atoms with van der Waals surface area (Å²) >= 11 is 0. The fourth-order valence-corrected chi connectivity index (χ4v) is 1.11. The van der Waals surface area contributed by atoms with Gasteiger partial charge in [-0.05, 0) is 38.8 Å². The first kappa shape index (κ1) is 17.8. The average Bonchev–Trinajstić information content (AvgIpc) is 2.40. The van der Waals surface area contributed by atoms with Gasteiger partial charge in [0.25, 0.3) is 0 Å². The molecule has 0 heterocycles. The van der Waals surface area contributed by atoms with E-state index in [1.54, 1.807) is 19.9 Å². The van der Waals surface area contributed by atoms with Crippen LogP contribution in [-0.4, -0.2) is 38.4 Å². The topological polar surface area (TPSA) is 71.1 Å². The number of methoxy groups -OCH3 is 2. The predicted octanol–water partition coefficient (Wildman–Crippen LogP) is 1.78. The van der Waals surface area contributed by atoms with E-state index in [1.165, 1.54) is 20.3 Å². The second-order valence-electron chi connectivity index (χ2n) is 4.31. The summed E-state index contributed by atoms with van der Waals surface area (Å²) in [6.45, 7) is 3.39. The maximum Gasteiger partial charge on any atom is 0.305 e. The van der Waals surface area contributed by atoms with E-state index in [9.17, 15) is 9.59 Å². The lowest BCUT2D eigenvalue weighted by Crippen LogP contribution is -2.29. The lowest BCUT2D eigenvalue weighted by molar-refractivity contribution is -0.425. The molecule has 1 atom stereocenters. The van der Waals surface area contributed by atoms with Gasteiger partial charge < -0.3 is 9.47 Å². The minimum absolute atomic E-state index is 0.281. The molecule has 0 saturated carbocycles. The molecule has 0 saturated heterocycles. The van der Waals surface area contributed by atoms with Gasteiger partial charge in [-0.3, -0.25) is 9.59 Å². The highest BCUT2D eigenvalue weighted by molar-refractivity contribution is 5.69. The lowest BCUT2D eigenvalue weighted by Gasteiger charge is -2.24. The molecule has 6 heteroatoms. The van der Waals surface area contributed by atoms with Crippen LogP contribution in [-0.2, 0) is 28.8 Å². The van der Waals surface area contributed by atoms with Crippen molar-refractivity contribution >= 4 is 12.3 Å². The second-order valence-corrected chi connectivity index (χ2v) is 4.31. The predicted molar refractivity (Wildman–Crippen MR) is 68.1 cm³/mol. The van der Waals surface area contributed by atoms with E-state index < -0.39 is 11.9 Å². The van der Waals surface area contributed by atoms with E-state index in [4.69, 9.17) is 14.5 Å². The van der Waals surface area contributed by atoms with Crippen LogP contribution in [0, 0.1) is 0 Å². The SMILES string of the molecule is COC(=O)CCC[C@@H](/C=C/C=O)OOC(C)(C)OC. The second kappa shape index (κ2) is 9.66. The summed E-state index contributed by atoms with van der Waals surface area (Å²) in [6.07, 6.45) is 4.50. The zero-order chi connectivity index (χ0) is 14.7. The highest BCUT2D eigenvalue weighted by Gasteiger charge is 2.20. The van der Waals surface area contributed by atoms with Crippen LogP contribution in [0.3, 0.4) is 0 Å². The lowest BCUT2D eigenvalue weighted by atomic mass is 10.1. The number of esters is 1. The van der Waals surface area contributed by atoms with Crippen LogP contribution in [0.1, 0.15) is 33.1 Å². The molecule has 110 valence electrons. The van der Waals surface area contributed by atoms with Crippen molar-refractivity contribution in [1.29, 1.82) is 0 Å². The van der Waals surface area contributed by atoms with Gasteiger partial charge in [-0.2, -0.15) is 0 Å². The van der Waals surface area contributed by atoms with E-state index in [-0.39, 0.29) is 5.97 Å². The van der Waals surface area contributed by atoms with Gasteiger partial charge in [0.1, 0.15) is 12.4 Å². The van der Waals surface area contributed by atoms with E-state index in [1.807, 2.05) is 0 Å². The number of hydrogen-bond donors (Lipinski definition) is 0. The third-order valence-electron chi connectivity index (χ3n) is 2.37. The molecule has 0 radical (unpaired) electrons. The number of carbonyl (C=O) groups is 2. The molecule has 0 amide bonds. The Bertz CT molecular complexity index is 298. The monoisotopic (exact) mass is 274 g/mol. The number of rotatable bonds is 10. The van der Waals surface area contributed by atoms with Crippen molar-refractivity contribution in [3.63, 3.8) is 0 Å². The molecule has 0 aromatic heterocycles. The third kappa shape index (κ3) is 9.35. The maximum atomic E-state index is 11.0. The van der Waals surface area contributed by atoms with E-state index in [0.29, 0.717) is 25.5 Å². The van der Waals surface area contributed by atoms with Gasteiger partial charge >= 0.3 is 5.97 Å². The molecule has 0 spiro atoms. The van der Waals surface area contributed by atoms with Crippen LogP contribution in [0.15, 0.2) is 12.2 Å². The normalized spacial score (nSPS) is 13.5. The molecular weight excluding hydrogens is 252 g/mol. The van der Waals surface area contributed by atoms with Gasteiger partial charge in [0.2, 0.25) is 0 Å². The summed E-state index contributed by atoms with van der Waals surface area (Å²) < 4.78 is 9.58. The van der Waals surface area contributed by atoms with Gasteiger partial charge in [-0.1, -0.05) is 0 Å².